The second kappa shape index (κ2) is 8.31. The van der Waals surface area contributed by atoms with Gasteiger partial charge >= 0.3 is 6.09 Å². The van der Waals surface area contributed by atoms with Crippen LogP contribution < -0.4 is 16.0 Å². The Morgan fingerprint density at radius 1 is 1.17 bits per heavy atom. The van der Waals surface area contributed by atoms with Gasteiger partial charge in [-0.25, -0.2) is 4.79 Å². The third-order valence-corrected chi connectivity index (χ3v) is 5.23. The minimum atomic E-state index is -0.504. The number of primary amides is 1. The van der Waals surface area contributed by atoms with E-state index in [1.165, 1.54) is 0 Å². The molecule has 0 bridgehead atoms. The summed E-state index contributed by atoms with van der Waals surface area (Å²) in [5.74, 6) is -0.990. The van der Waals surface area contributed by atoms with E-state index in [0.29, 0.717) is 19.6 Å². The number of amides is 3. The van der Waals surface area contributed by atoms with Gasteiger partial charge in [-0.2, -0.15) is 0 Å². The number of rotatable bonds is 4. The van der Waals surface area contributed by atoms with Crippen LogP contribution in [-0.2, 0) is 14.3 Å². The molecule has 1 aromatic carbocycles. The van der Waals surface area contributed by atoms with E-state index >= 15 is 0 Å². The summed E-state index contributed by atoms with van der Waals surface area (Å²) in [6, 6.07) is 7.77. The Kier molecular flexibility index (Phi) is 6.00. The van der Waals surface area contributed by atoms with Crippen LogP contribution in [0.15, 0.2) is 24.3 Å². The minimum Gasteiger partial charge on any atom is -0.444 e. The van der Waals surface area contributed by atoms with E-state index in [1.54, 1.807) is 9.80 Å². The number of anilines is 2. The fourth-order valence-electron chi connectivity index (χ4n) is 3.71. The highest BCUT2D eigenvalue weighted by molar-refractivity contribution is 6.02. The second-order valence-corrected chi connectivity index (χ2v) is 8.71. The van der Waals surface area contributed by atoms with Crippen LogP contribution in [0, 0.1) is 5.92 Å². The lowest BCUT2D eigenvalue weighted by molar-refractivity contribution is -0.123. The van der Waals surface area contributed by atoms with Gasteiger partial charge in [-0.15, -0.1) is 0 Å². The zero-order valence-electron chi connectivity index (χ0n) is 17.3. The quantitative estimate of drug-likeness (QED) is 0.804. The van der Waals surface area contributed by atoms with Crippen LogP contribution in [0.3, 0.4) is 0 Å². The molecule has 29 heavy (non-hydrogen) atoms. The number of piperidine rings is 1. The normalized spacial score (nSPS) is 20.7. The molecule has 8 nitrogen and oxygen atoms in total. The van der Waals surface area contributed by atoms with Gasteiger partial charge in [0.05, 0.1) is 17.3 Å². The highest BCUT2D eigenvalue weighted by Crippen LogP contribution is 2.32. The van der Waals surface area contributed by atoms with Crippen LogP contribution in [0.25, 0.3) is 0 Å². The lowest BCUT2D eigenvalue weighted by Gasteiger charge is -2.34. The average molecular weight is 402 g/mol. The minimum absolute atomic E-state index is 0.0946. The molecule has 158 valence electrons. The number of nitrogens with two attached hydrogens (primary N) is 1. The van der Waals surface area contributed by atoms with Gasteiger partial charge in [-0.1, -0.05) is 12.1 Å². The molecule has 0 saturated carbocycles. The summed E-state index contributed by atoms with van der Waals surface area (Å²) in [5, 5.41) is 3.51. The van der Waals surface area contributed by atoms with Crippen molar-refractivity contribution in [2.24, 2.45) is 11.7 Å². The van der Waals surface area contributed by atoms with Crippen LogP contribution in [0.1, 0.15) is 40.0 Å². The molecule has 0 radical (unpaired) electrons. The zero-order valence-corrected chi connectivity index (χ0v) is 17.3. The summed E-state index contributed by atoms with van der Waals surface area (Å²) in [6.07, 6.45) is 1.44. The summed E-state index contributed by atoms with van der Waals surface area (Å²) in [7, 11) is 0. The van der Waals surface area contributed by atoms with Crippen molar-refractivity contribution in [2.75, 3.05) is 29.9 Å². The molecule has 1 unspecified atom stereocenters. The number of carbonyl (C=O) groups is 3. The van der Waals surface area contributed by atoms with Gasteiger partial charge in [0, 0.05) is 32.1 Å². The van der Waals surface area contributed by atoms with E-state index in [9.17, 15) is 14.4 Å². The summed E-state index contributed by atoms with van der Waals surface area (Å²) < 4.78 is 5.44. The zero-order chi connectivity index (χ0) is 21.2. The molecular formula is C21H30N4O4. The second-order valence-electron chi connectivity index (χ2n) is 8.71. The smallest absolute Gasteiger partial charge is 0.410 e. The van der Waals surface area contributed by atoms with Gasteiger partial charge in [0.1, 0.15) is 5.60 Å². The average Bonchev–Trinajstić information content (AvgIpc) is 3.03. The van der Waals surface area contributed by atoms with Crippen LogP contribution in [0.2, 0.25) is 0 Å². The first-order valence-electron chi connectivity index (χ1n) is 10.1. The molecule has 0 aliphatic carbocycles. The maximum atomic E-state index is 12.4. The van der Waals surface area contributed by atoms with E-state index in [2.05, 4.69) is 5.32 Å². The molecule has 3 rings (SSSR count). The predicted molar refractivity (Wildman–Crippen MR) is 111 cm³/mol. The van der Waals surface area contributed by atoms with Gasteiger partial charge in [-0.3, -0.25) is 9.59 Å². The molecule has 1 atom stereocenters. The third-order valence-electron chi connectivity index (χ3n) is 5.23. The highest BCUT2D eigenvalue weighted by Gasteiger charge is 2.35. The van der Waals surface area contributed by atoms with Crippen molar-refractivity contribution in [2.45, 2.75) is 51.7 Å². The summed E-state index contributed by atoms with van der Waals surface area (Å²) in [5.41, 5.74) is 6.49. The molecule has 0 spiro atoms. The van der Waals surface area contributed by atoms with E-state index in [4.69, 9.17) is 10.5 Å². The van der Waals surface area contributed by atoms with E-state index in [0.717, 1.165) is 24.2 Å². The van der Waals surface area contributed by atoms with Gasteiger partial charge in [-0.05, 0) is 45.7 Å². The van der Waals surface area contributed by atoms with Crippen molar-refractivity contribution in [3.63, 3.8) is 0 Å². The first kappa shape index (κ1) is 21.0. The monoisotopic (exact) mass is 402 g/mol. The number of likely N-dealkylation sites (tertiary alicyclic amines) is 1. The van der Waals surface area contributed by atoms with Gasteiger partial charge in [0.15, 0.2) is 0 Å². The summed E-state index contributed by atoms with van der Waals surface area (Å²) in [4.78, 5) is 39.5. The Balaban J connectivity index is 1.62. The molecule has 3 N–H and O–H groups in total. The topological polar surface area (TPSA) is 105 Å². The Hall–Kier alpha value is -2.77. The SMILES string of the molecule is CC(C)(C)OC(=O)N1CCC(Nc2ccccc2N2CC(C(N)=O)CC2=O)CC1. The summed E-state index contributed by atoms with van der Waals surface area (Å²) >= 11 is 0. The standard InChI is InChI=1S/C21H30N4O4/c1-21(2,3)29-20(28)24-10-8-15(9-11-24)23-16-6-4-5-7-17(16)25-13-14(19(22)27)12-18(25)26/h4-7,14-15,23H,8-13H2,1-3H3,(H2,22,27). The number of para-hydroxylation sites is 2. The van der Waals surface area contributed by atoms with Crippen LogP contribution >= 0.6 is 0 Å². The molecule has 2 aliphatic heterocycles. The van der Waals surface area contributed by atoms with Gasteiger partial charge in [0.25, 0.3) is 0 Å². The van der Waals surface area contributed by atoms with E-state index < -0.39 is 17.4 Å². The number of hydrogen-bond donors (Lipinski definition) is 2. The number of hydrogen-bond acceptors (Lipinski definition) is 5. The maximum Gasteiger partial charge on any atom is 0.410 e. The van der Waals surface area contributed by atoms with Gasteiger partial charge < -0.3 is 25.6 Å². The number of nitrogens with one attached hydrogen (secondary N) is 1. The Labute approximate surface area is 171 Å². The van der Waals surface area contributed by atoms with Crippen molar-refractivity contribution in [1.29, 1.82) is 0 Å². The lowest BCUT2D eigenvalue weighted by atomic mass is 10.0. The number of ether oxygens (including phenoxy) is 1. The number of nitrogens with zero attached hydrogens (tertiary/aromatic N) is 2. The fourth-order valence-corrected chi connectivity index (χ4v) is 3.71. The van der Waals surface area contributed by atoms with Gasteiger partial charge in [0.2, 0.25) is 11.8 Å². The largest absolute Gasteiger partial charge is 0.444 e. The van der Waals surface area contributed by atoms with Crippen LogP contribution in [-0.4, -0.2) is 54.1 Å². The lowest BCUT2D eigenvalue weighted by Crippen LogP contribution is -2.44. The molecule has 1 aromatic rings. The van der Waals surface area contributed by atoms with Crippen molar-refractivity contribution >= 4 is 29.3 Å². The number of carbonyl (C=O) groups excluding carboxylic acids is 3. The Morgan fingerprint density at radius 2 is 1.83 bits per heavy atom. The first-order chi connectivity index (χ1) is 13.6. The Morgan fingerprint density at radius 3 is 2.41 bits per heavy atom. The van der Waals surface area contributed by atoms with Crippen molar-refractivity contribution in [1.82, 2.24) is 4.90 Å². The van der Waals surface area contributed by atoms with Crippen LogP contribution in [0.4, 0.5) is 16.2 Å². The van der Waals surface area contributed by atoms with Crippen LogP contribution in [0.5, 0.6) is 0 Å². The molecule has 2 aliphatic rings. The fraction of sp³-hybridized carbons (Fsp3) is 0.571. The molecule has 8 heteroatoms. The van der Waals surface area contributed by atoms with Crippen molar-refractivity contribution < 1.29 is 19.1 Å². The Bertz CT molecular complexity index is 781. The maximum absolute atomic E-state index is 12.4. The van der Waals surface area contributed by atoms with E-state index in [1.807, 2.05) is 45.0 Å². The number of benzene rings is 1. The molecule has 2 fully saturated rings. The first-order valence-corrected chi connectivity index (χ1v) is 10.1. The van der Waals surface area contributed by atoms with E-state index in [-0.39, 0.29) is 24.5 Å². The van der Waals surface area contributed by atoms with Crippen molar-refractivity contribution in [3.8, 4) is 0 Å². The molecule has 2 heterocycles. The summed E-state index contributed by atoms with van der Waals surface area (Å²) in [6.45, 7) is 7.11. The molecule has 2 saturated heterocycles. The molecule has 3 amide bonds. The van der Waals surface area contributed by atoms with Crippen molar-refractivity contribution in [3.05, 3.63) is 24.3 Å². The molecular weight excluding hydrogens is 372 g/mol. The predicted octanol–water partition coefficient (Wildman–Crippen LogP) is 2.34. The third kappa shape index (κ3) is 5.19. The highest BCUT2D eigenvalue weighted by atomic mass is 16.6. The molecule has 0 aromatic heterocycles.